The summed E-state index contributed by atoms with van der Waals surface area (Å²) in [6, 6.07) is 0. The summed E-state index contributed by atoms with van der Waals surface area (Å²) in [4.78, 5) is 0. The van der Waals surface area contributed by atoms with Gasteiger partial charge in [-0.3, -0.25) is 10.4 Å². The molecule has 0 amide bonds. The standard InChI is InChI=1S/C5H14N2.H3N/c1-4-5-6-7(2)3;/h6H,4-5H2,1-3H3;1H3. The van der Waals surface area contributed by atoms with E-state index < -0.39 is 0 Å². The third-order valence-electron chi connectivity index (χ3n) is 0.678. The molecule has 0 aliphatic rings. The van der Waals surface area contributed by atoms with Gasteiger partial charge in [0.15, 0.2) is 0 Å². The monoisotopic (exact) mass is 119 g/mol. The van der Waals surface area contributed by atoms with Crippen molar-refractivity contribution in [3.8, 4) is 0 Å². The molecule has 8 heavy (non-hydrogen) atoms. The molecular weight excluding hydrogens is 102 g/mol. The molecule has 0 aromatic carbocycles. The molecule has 0 bridgehead atoms. The number of hydrogen-bond acceptors (Lipinski definition) is 3. The van der Waals surface area contributed by atoms with Gasteiger partial charge >= 0.3 is 0 Å². The highest BCUT2D eigenvalue weighted by molar-refractivity contribution is 4.32. The summed E-state index contributed by atoms with van der Waals surface area (Å²) in [6.07, 6.45) is 1.19. The van der Waals surface area contributed by atoms with Crippen LogP contribution >= 0.6 is 0 Å². The van der Waals surface area contributed by atoms with Gasteiger partial charge in [0.1, 0.15) is 0 Å². The van der Waals surface area contributed by atoms with Crippen molar-refractivity contribution in [3.05, 3.63) is 0 Å². The first-order valence-electron chi connectivity index (χ1n) is 2.68. The van der Waals surface area contributed by atoms with Gasteiger partial charge in [-0.25, -0.2) is 0 Å². The second kappa shape index (κ2) is 6.88. The van der Waals surface area contributed by atoms with Crippen LogP contribution in [0.3, 0.4) is 0 Å². The SMILES string of the molecule is CCCNN(C)C.N. The molecule has 0 fully saturated rings. The minimum absolute atomic E-state index is 0. The fraction of sp³-hybridized carbons (Fsp3) is 1.00. The average molecular weight is 119 g/mol. The van der Waals surface area contributed by atoms with Crippen LogP contribution < -0.4 is 11.6 Å². The highest BCUT2D eigenvalue weighted by Gasteiger charge is 1.80. The summed E-state index contributed by atoms with van der Waals surface area (Å²) in [5.74, 6) is 0. The molecule has 0 atom stereocenters. The first-order valence-corrected chi connectivity index (χ1v) is 2.68. The smallest absolute Gasteiger partial charge is 0.00993 e. The zero-order chi connectivity index (χ0) is 5.70. The molecule has 0 aromatic heterocycles. The zero-order valence-corrected chi connectivity index (χ0v) is 6.07. The third-order valence-corrected chi connectivity index (χ3v) is 0.678. The van der Waals surface area contributed by atoms with E-state index in [0.717, 1.165) is 6.54 Å². The van der Waals surface area contributed by atoms with Crippen molar-refractivity contribution in [2.45, 2.75) is 13.3 Å². The Morgan fingerprint density at radius 3 is 2.00 bits per heavy atom. The summed E-state index contributed by atoms with van der Waals surface area (Å²) in [5, 5.41) is 1.96. The van der Waals surface area contributed by atoms with E-state index in [9.17, 15) is 0 Å². The fourth-order valence-corrected chi connectivity index (χ4v) is 0.335. The minimum atomic E-state index is 0. The molecule has 0 spiro atoms. The van der Waals surface area contributed by atoms with Crippen LogP contribution in [-0.4, -0.2) is 25.6 Å². The largest absolute Gasteiger partial charge is 0.344 e. The van der Waals surface area contributed by atoms with Crippen molar-refractivity contribution >= 4 is 0 Å². The quantitative estimate of drug-likeness (QED) is 0.535. The maximum Gasteiger partial charge on any atom is 0.00993 e. The van der Waals surface area contributed by atoms with E-state index >= 15 is 0 Å². The Balaban J connectivity index is 0. The van der Waals surface area contributed by atoms with Gasteiger partial charge in [0, 0.05) is 20.6 Å². The predicted molar refractivity (Wildman–Crippen MR) is 37.0 cm³/mol. The van der Waals surface area contributed by atoms with E-state index in [2.05, 4.69) is 12.3 Å². The lowest BCUT2D eigenvalue weighted by Gasteiger charge is -2.08. The topological polar surface area (TPSA) is 50.3 Å². The van der Waals surface area contributed by atoms with Crippen LogP contribution in [0.4, 0.5) is 0 Å². The predicted octanol–water partition coefficient (Wildman–Crippen LogP) is 0.625. The molecule has 0 saturated carbocycles. The van der Waals surface area contributed by atoms with Gasteiger partial charge in [-0.1, -0.05) is 6.92 Å². The van der Waals surface area contributed by atoms with Crippen LogP contribution in [0.1, 0.15) is 13.3 Å². The van der Waals surface area contributed by atoms with Crippen molar-refractivity contribution in [2.24, 2.45) is 0 Å². The van der Waals surface area contributed by atoms with Crippen molar-refractivity contribution in [3.63, 3.8) is 0 Å². The number of nitrogens with one attached hydrogen (secondary N) is 1. The van der Waals surface area contributed by atoms with Gasteiger partial charge in [0.2, 0.25) is 0 Å². The van der Waals surface area contributed by atoms with E-state index in [1.54, 1.807) is 0 Å². The molecule has 0 aliphatic heterocycles. The molecule has 4 N–H and O–H groups in total. The van der Waals surface area contributed by atoms with Crippen LogP contribution in [0.15, 0.2) is 0 Å². The zero-order valence-electron chi connectivity index (χ0n) is 6.07. The maximum atomic E-state index is 3.13. The van der Waals surface area contributed by atoms with Crippen molar-refractivity contribution in [2.75, 3.05) is 20.6 Å². The van der Waals surface area contributed by atoms with Crippen LogP contribution in [-0.2, 0) is 0 Å². The third kappa shape index (κ3) is 9.30. The van der Waals surface area contributed by atoms with E-state index in [1.165, 1.54) is 6.42 Å². The average Bonchev–Trinajstić information content (AvgIpc) is 1.61. The van der Waals surface area contributed by atoms with E-state index in [1.807, 2.05) is 19.1 Å². The highest BCUT2D eigenvalue weighted by atomic mass is 15.5. The summed E-state index contributed by atoms with van der Waals surface area (Å²) in [6.45, 7) is 3.23. The molecule has 0 radical (unpaired) electrons. The lowest BCUT2D eigenvalue weighted by Crippen LogP contribution is -2.30. The van der Waals surface area contributed by atoms with Gasteiger partial charge in [-0.15, -0.1) is 0 Å². The number of nitrogens with zero attached hydrogens (tertiary/aromatic N) is 1. The second-order valence-electron chi connectivity index (χ2n) is 1.80. The van der Waals surface area contributed by atoms with Gasteiger partial charge < -0.3 is 6.15 Å². The summed E-state index contributed by atoms with van der Waals surface area (Å²) in [5.41, 5.74) is 3.13. The van der Waals surface area contributed by atoms with E-state index in [-0.39, 0.29) is 6.15 Å². The minimum Gasteiger partial charge on any atom is -0.344 e. The molecule has 0 heterocycles. The molecule has 0 rings (SSSR count). The molecule has 3 heteroatoms. The second-order valence-corrected chi connectivity index (χ2v) is 1.80. The van der Waals surface area contributed by atoms with Crippen LogP contribution in [0.25, 0.3) is 0 Å². The molecule has 0 saturated heterocycles. The molecular formula is C5H17N3. The Labute approximate surface area is 51.6 Å². The fourth-order valence-electron chi connectivity index (χ4n) is 0.335. The van der Waals surface area contributed by atoms with Crippen LogP contribution in [0.2, 0.25) is 0 Å². The lowest BCUT2D eigenvalue weighted by atomic mass is 10.5. The van der Waals surface area contributed by atoms with Crippen LogP contribution in [0.5, 0.6) is 0 Å². The summed E-state index contributed by atoms with van der Waals surface area (Å²) >= 11 is 0. The van der Waals surface area contributed by atoms with Gasteiger partial charge in [-0.05, 0) is 6.42 Å². The van der Waals surface area contributed by atoms with Gasteiger partial charge in [-0.2, -0.15) is 0 Å². The Morgan fingerprint density at radius 1 is 1.38 bits per heavy atom. The first-order chi connectivity index (χ1) is 3.27. The Hall–Kier alpha value is -0.120. The molecule has 0 aromatic rings. The van der Waals surface area contributed by atoms with E-state index in [0.29, 0.717) is 0 Å². The van der Waals surface area contributed by atoms with Gasteiger partial charge in [0.25, 0.3) is 0 Å². The van der Waals surface area contributed by atoms with Crippen molar-refractivity contribution in [1.82, 2.24) is 16.6 Å². The molecule has 3 nitrogen and oxygen atoms in total. The summed E-state index contributed by atoms with van der Waals surface area (Å²) < 4.78 is 0. The van der Waals surface area contributed by atoms with Crippen LogP contribution in [0, 0.1) is 0 Å². The Bertz CT molecular complexity index is 36.7. The maximum absolute atomic E-state index is 3.13. The normalized spacial score (nSPS) is 9.00. The van der Waals surface area contributed by atoms with Gasteiger partial charge in [0.05, 0.1) is 0 Å². The lowest BCUT2D eigenvalue weighted by molar-refractivity contribution is 0.291. The first kappa shape index (κ1) is 10.8. The number of rotatable bonds is 3. The van der Waals surface area contributed by atoms with E-state index in [4.69, 9.17) is 0 Å². The Morgan fingerprint density at radius 2 is 1.88 bits per heavy atom. The summed E-state index contributed by atoms with van der Waals surface area (Å²) in [7, 11) is 3.99. The molecule has 0 aliphatic carbocycles. The highest BCUT2D eigenvalue weighted by Crippen LogP contribution is 1.68. The molecule has 0 unspecified atom stereocenters. The molecule has 52 valence electrons. The van der Waals surface area contributed by atoms with Crippen molar-refractivity contribution in [1.29, 1.82) is 0 Å². The Kier molecular flexibility index (Phi) is 9.28. The number of hydrazine groups is 1. The van der Waals surface area contributed by atoms with Crippen molar-refractivity contribution < 1.29 is 0 Å². The number of hydrogen-bond donors (Lipinski definition) is 2.